The van der Waals surface area contributed by atoms with E-state index < -0.39 is 0 Å². The number of hydrogen-bond acceptors (Lipinski definition) is 5. The van der Waals surface area contributed by atoms with Gasteiger partial charge in [0.15, 0.2) is 5.82 Å². The third kappa shape index (κ3) is 2.81. The molecule has 0 unspecified atom stereocenters. The molecule has 0 atom stereocenters. The first-order chi connectivity index (χ1) is 11.8. The second-order valence-corrected chi connectivity index (χ2v) is 5.41. The van der Waals surface area contributed by atoms with Crippen LogP contribution < -0.4 is 15.0 Å². The Morgan fingerprint density at radius 3 is 2.75 bits per heavy atom. The van der Waals surface area contributed by atoms with Gasteiger partial charge in [0.05, 0.1) is 13.7 Å². The molecule has 6 nitrogen and oxygen atoms in total. The summed E-state index contributed by atoms with van der Waals surface area (Å²) in [7, 11) is 1.65. The number of fused-ring (bicyclic) bond motifs is 1. The SMILES string of the molecule is COc1cccc(Nc2nc3n(n2)C=CN(c2ccccc2)C3)c1. The molecule has 0 fully saturated rings. The van der Waals surface area contributed by atoms with Crippen molar-refractivity contribution in [2.75, 3.05) is 17.3 Å². The van der Waals surface area contributed by atoms with E-state index in [1.165, 1.54) is 0 Å². The van der Waals surface area contributed by atoms with Gasteiger partial charge < -0.3 is 15.0 Å². The van der Waals surface area contributed by atoms with E-state index in [9.17, 15) is 0 Å². The van der Waals surface area contributed by atoms with Crippen molar-refractivity contribution >= 4 is 23.5 Å². The van der Waals surface area contributed by atoms with Crippen molar-refractivity contribution in [1.29, 1.82) is 0 Å². The van der Waals surface area contributed by atoms with Crippen molar-refractivity contribution in [3.8, 4) is 5.75 Å². The molecule has 24 heavy (non-hydrogen) atoms. The maximum absolute atomic E-state index is 5.23. The van der Waals surface area contributed by atoms with Crippen LogP contribution in [0.4, 0.5) is 17.3 Å². The number of para-hydroxylation sites is 1. The van der Waals surface area contributed by atoms with Gasteiger partial charge >= 0.3 is 0 Å². The molecule has 2 aromatic carbocycles. The lowest BCUT2D eigenvalue weighted by molar-refractivity contribution is 0.415. The predicted molar refractivity (Wildman–Crippen MR) is 94.3 cm³/mol. The summed E-state index contributed by atoms with van der Waals surface area (Å²) in [6.45, 7) is 0.674. The van der Waals surface area contributed by atoms with Crippen LogP contribution in [0.2, 0.25) is 0 Å². The van der Waals surface area contributed by atoms with Gasteiger partial charge in [-0.15, -0.1) is 5.10 Å². The number of ether oxygens (including phenoxy) is 1. The molecule has 1 N–H and O–H groups in total. The predicted octanol–water partition coefficient (Wildman–Crippen LogP) is 3.48. The topological polar surface area (TPSA) is 55.2 Å². The number of hydrogen-bond donors (Lipinski definition) is 1. The molecule has 1 aliphatic rings. The van der Waals surface area contributed by atoms with Gasteiger partial charge in [0, 0.05) is 29.8 Å². The Morgan fingerprint density at radius 1 is 1.04 bits per heavy atom. The first kappa shape index (κ1) is 14.3. The molecule has 6 heteroatoms. The molecule has 0 radical (unpaired) electrons. The fourth-order valence-corrected chi connectivity index (χ4v) is 2.61. The van der Waals surface area contributed by atoms with E-state index in [-0.39, 0.29) is 0 Å². The molecule has 3 aromatic rings. The van der Waals surface area contributed by atoms with E-state index in [2.05, 4.69) is 32.4 Å². The van der Waals surface area contributed by atoms with E-state index in [4.69, 9.17) is 4.74 Å². The number of nitrogens with one attached hydrogen (secondary N) is 1. The second kappa shape index (κ2) is 6.08. The molecule has 0 aliphatic carbocycles. The summed E-state index contributed by atoms with van der Waals surface area (Å²) in [5.74, 6) is 2.24. The van der Waals surface area contributed by atoms with E-state index >= 15 is 0 Å². The van der Waals surface area contributed by atoms with Gasteiger partial charge in [0.2, 0.25) is 5.95 Å². The lowest BCUT2D eigenvalue weighted by Gasteiger charge is -2.22. The summed E-state index contributed by atoms with van der Waals surface area (Å²) in [6.07, 6.45) is 3.92. The summed E-state index contributed by atoms with van der Waals surface area (Å²) < 4.78 is 7.03. The Hall–Kier alpha value is -3.28. The summed E-state index contributed by atoms with van der Waals surface area (Å²) in [5.41, 5.74) is 2.02. The monoisotopic (exact) mass is 319 g/mol. The smallest absolute Gasteiger partial charge is 0.247 e. The molecule has 0 saturated carbocycles. The minimum absolute atomic E-state index is 0.567. The molecule has 1 aliphatic heterocycles. The minimum atomic E-state index is 0.567. The molecular weight excluding hydrogens is 302 g/mol. The number of nitrogens with zero attached hydrogens (tertiary/aromatic N) is 4. The fourth-order valence-electron chi connectivity index (χ4n) is 2.61. The van der Waals surface area contributed by atoms with Crippen molar-refractivity contribution in [3.63, 3.8) is 0 Å². The summed E-state index contributed by atoms with van der Waals surface area (Å²) in [6, 6.07) is 17.9. The lowest BCUT2D eigenvalue weighted by Crippen LogP contribution is -2.22. The van der Waals surface area contributed by atoms with Crippen molar-refractivity contribution in [3.05, 3.63) is 66.6 Å². The van der Waals surface area contributed by atoms with Gasteiger partial charge in [-0.25, -0.2) is 4.68 Å². The Bertz CT molecular complexity index is 872. The molecule has 0 saturated heterocycles. The van der Waals surface area contributed by atoms with Gasteiger partial charge in [0.25, 0.3) is 0 Å². The van der Waals surface area contributed by atoms with Crippen LogP contribution >= 0.6 is 0 Å². The van der Waals surface area contributed by atoms with Gasteiger partial charge in [-0.2, -0.15) is 4.98 Å². The molecule has 0 amide bonds. The summed E-state index contributed by atoms with van der Waals surface area (Å²) >= 11 is 0. The highest BCUT2D eigenvalue weighted by molar-refractivity contribution is 5.57. The van der Waals surface area contributed by atoms with Crippen LogP contribution in [0.1, 0.15) is 5.82 Å². The zero-order valence-electron chi connectivity index (χ0n) is 13.3. The maximum Gasteiger partial charge on any atom is 0.247 e. The van der Waals surface area contributed by atoms with Crippen molar-refractivity contribution in [1.82, 2.24) is 14.8 Å². The average Bonchev–Trinajstić information content (AvgIpc) is 3.04. The van der Waals surface area contributed by atoms with E-state index in [0.29, 0.717) is 12.5 Å². The number of aromatic nitrogens is 3. The zero-order valence-corrected chi connectivity index (χ0v) is 13.3. The van der Waals surface area contributed by atoms with Gasteiger partial charge in [-0.1, -0.05) is 24.3 Å². The summed E-state index contributed by atoms with van der Waals surface area (Å²) in [5, 5.41) is 7.68. The van der Waals surface area contributed by atoms with Crippen molar-refractivity contribution in [2.24, 2.45) is 0 Å². The normalized spacial score (nSPS) is 12.8. The van der Waals surface area contributed by atoms with E-state index in [1.807, 2.05) is 54.9 Å². The molecule has 4 rings (SSSR count). The van der Waals surface area contributed by atoms with Crippen LogP contribution in [-0.2, 0) is 6.54 Å². The Labute approximate surface area is 140 Å². The zero-order chi connectivity index (χ0) is 16.4. The van der Waals surface area contributed by atoms with Crippen LogP contribution in [0.3, 0.4) is 0 Å². The Balaban J connectivity index is 1.54. The van der Waals surface area contributed by atoms with Crippen LogP contribution in [0.25, 0.3) is 6.20 Å². The Morgan fingerprint density at radius 2 is 1.92 bits per heavy atom. The quantitative estimate of drug-likeness (QED) is 0.798. The third-order valence-electron chi connectivity index (χ3n) is 3.82. The highest BCUT2D eigenvalue weighted by Crippen LogP contribution is 2.23. The average molecular weight is 319 g/mol. The number of anilines is 3. The van der Waals surface area contributed by atoms with Crippen molar-refractivity contribution in [2.45, 2.75) is 6.54 Å². The van der Waals surface area contributed by atoms with Crippen molar-refractivity contribution < 1.29 is 4.74 Å². The number of benzene rings is 2. The van der Waals surface area contributed by atoms with Crippen LogP contribution in [0.15, 0.2) is 60.8 Å². The lowest BCUT2D eigenvalue weighted by atomic mass is 10.3. The third-order valence-corrected chi connectivity index (χ3v) is 3.82. The summed E-state index contributed by atoms with van der Waals surface area (Å²) in [4.78, 5) is 6.72. The van der Waals surface area contributed by atoms with Crippen LogP contribution in [-0.4, -0.2) is 21.9 Å². The highest BCUT2D eigenvalue weighted by atomic mass is 16.5. The van der Waals surface area contributed by atoms with Crippen LogP contribution in [0.5, 0.6) is 5.75 Å². The van der Waals surface area contributed by atoms with E-state index in [1.54, 1.807) is 11.8 Å². The van der Waals surface area contributed by atoms with Gasteiger partial charge in [-0.3, -0.25) is 0 Å². The highest BCUT2D eigenvalue weighted by Gasteiger charge is 2.16. The molecule has 0 spiro atoms. The minimum Gasteiger partial charge on any atom is -0.497 e. The second-order valence-electron chi connectivity index (χ2n) is 5.41. The van der Waals surface area contributed by atoms with Gasteiger partial charge in [0.1, 0.15) is 5.75 Å². The fraction of sp³-hybridized carbons (Fsp3) is 0.111. The molecule has 1 aromatic heterocycles. The molecule has 2 heterocycles. The van der Waals surface area contributed by atoms with E-state index in [0.717, 1.165) is 22.9 Å². The molecule has 0 bridgehead atoms. The number of methoxy groups -OCH3 is 1. The first-order valence-corrected chi connectivity index (χ1v) is 7.68. The standard InChI is InChI=1S/C18H17N5O/c1-24-16-9-5-6-14(12-16)19-18-20-17-13-22(10-11-23(17)21-18)15-7-3-2-4-8-15/h2-12H,13H2,1H3,(H,19,21). The van der Waals surface area contributed by atoms with Gasteiger partial charge in [-0.05, 0) is 24.3 Å². The number of rotatable bonds is 4. The maximum atomic E-state index is 5.23. The first-order valence-electron chi connectivity index (χ1n) is 7.68. The molecular formula is C18H17N5O. The van der Waals surface area contributed by atoms with Crippen LogP contribution in [0, 0.1) is 0 Å². The molecule has 120 valence electrons. The Kier molecular flexibility index (Phi) is 3.63. The largest absolute Gasteiger partial charge is 0.497 e.